The first kappa shape index (κ1) is 11.9. The highest BCUT2D eigenvalue weighted by Crippen LogP contribution is 2.31. The number of aromatic nitrogens is 3. The van der Waals surface area contributed by atoms with Crippen LogP contribution in [0, 0.1) is 5.92 Å². The van der Waals surface area contributed by atoms with E-state index in [-0.39, 0.29) is 12.0 Å². The van der Waals surface area contributed by atoms with E-state index in [1.165, 1.54) is 20.0 Å². The summed E-state index contributed by atoms with van der Waals surface area (Å²) in [6.07, 6.45) is 2.39. The van der Waals surface area contributed by atoms with E-state index in [2.05, 4.69) is 33.7 Å². The third-order valence-corrected chi connectivity index (χ3v) is 2.61. The van der Waals surface area contributed by atoms with Gasteiger partial charge in [-0.25, -0.2) is 0 Å². The summed E-state index contributed by atoms with van der Waals surface area (Å²) in [6, 6.07) is 0.825. The van der Waals surface area contributed by atoms with Gasteiger partial charge in [-0.1, -0.05) is 13.8 Å². The van der Waals surface area contributed by atoms with E-state index in [1.54, 1.807) is 0 Å². The molecule has 0 unspecified atom stereocenters. The van der Waals surface area contributed by atoms with E-state index in [4.69, 9.17) is 10.5 Å². The van der Waals surface area contributed by atoms with Crippen molar-refractivity contribution in [3.63, 3.8) is 0 Å². The minimum Gasteiger partial charge on any atom is -0.467 e. The average molecular weight is 237 g/mol. The molecule has 1 aromatic heterocycles. The molecule has 0 bridgehead atoms. The smallest absolute Gasteiger partial charge is 0.322 e. The fourth-order valence-corrected chi connectivity index (χ4v) is 1.75. The molecule has 1 heterocycles. The molecule has 1 aromatic rings. The molecule has 1 saturated carbocycles. The van der Waals surface area contributed by atoms with Crippen LogP contribution in [0.3, 0.4) is 0 Å². The van der Waals surface area contributed by atoms with Crippen LogP contribution in [0.1, 0.15) is 26.7 Å². The zero-order valence-electron chi connectivity index (χ0n) is 10.6. The van der Waals surface area contributed by atoms with Gasteiger partial charge in [-0.05, 0) is 18.8 Å². The van der Waals surface area contributed by atoms with E-state index < -0.39 is 0 Å². The Hall–Kier alpha value is -1.59. The molecule has 0 aromatic carbocycles. The molecular formula is C11H19N5O. The van der Waals surface area contributed by atoms with Crippen molar-refractivity contribution in [2.45, 2.75) is 32.7 Å². The van der Waals surface area contributed by atoms with E-state index in [0.29, 0.717) is 17.9 Å². The van der Waals surface area contributed by atoms with Crippen molar-refractivity contribution in [3.05, 3.63) is 0 Å². The van der Waals surface area contributed by atoms with E-state index >= 15 is 0 Å². The predicted molar refractivity (Wildman–Crippen MR) is 66.0 cm³/mol. The first-order chi connectivity index (χ1) is 8.10. The lowest BCUT2D eigenvalue weighted by atomic mass is 10.2. The molecule has 6 heteroatoms. The van der Waals surface area contributed by atoms with Crippen molar-refractivity contribution in [3.8, 4) is 6.01 Å². The van der Waals surface area contributed by atoms with Crippen LogP contribution in [-0.2, 0) is 0 Å². The van der Waals surface area contributed by atoms with Crippen LogP contribution in [0.25, 0.3) is 0 Å². The second-order valence-corrected chi connectivity index (χ2v) is 4.76. The maximum atomic E-state index is 5.66. The number of nitrogens with two attached hydrogens (primary N) is 1. The summed E-state index contributed by atoms with van der Waals surface area (Å²) in [5.74, 6) is 1.39. The number of hydrogen-bond acceptors (Lipinski definition) is 6. The largest absolute Gasteiger partial charge is 0.467 e. The lowest BCUT2D eigenvalue weighted by Crippen LogP contribution is -2.31. The van der Waals surface area contributed by atoms with Crippen molar-refractivity contribution in [2.75, 3.05) is 24.3 Å². The van der Waals surface area contributed by atoms with Gasteiger partial charge < -0.3 is 15.4 Å². The van der Waals surface area contributed by atoms with Crippen LogP contribution in [0.5, 0.6) is 6.01 Å². The zero-order chi connectivity index (χ0) is 12.4. The van der Waals surface area contributed by atoms with Crippen LogP contribution >= 0.6 is 0 Å². The summed E-state index contributed by atoms with van der Waals surface area (Å²) >= 11 is 0. The van der Waals surface area contributed by atoms with Crippen LogP contribution in [0.2, 0.25) is 0 Å². The molecule has 94 valence electrons. The Kier molecular flexibility index (Phi) is 3.31. The molecule has 0 spiro atoms. The Bertz CT molecular complexity index is 391. The van der Waals surface area contributed by atoms with Crippen molar-refractivity contribution < 1.29 is 4.74 Å². The van der Waals surface area contributed by atoms with Crippen molar-refractivity contribution >= 4 is 11.9 Å². The Morgan fingerprint density at radius 1 is 1.35 bits per heavy atom. The van der Waals surface area contributed by atoms with Crippen LogP contribution in [-0.4, -0.2) is 34.6 Å². The lowest BCUT2D eigenvalue weighted by Gasteiger charge is -2.24. The van der Waals surface area contributed by atoms with Crippen molar-refractivity contribution in [1.82, 2.24) is 15.0 Å². The van der Waals surface area contributed by atoms with Gasteiger partial charge in [0.05, 0.1) is 7.11 Å². The van der Waals surface area contributed by atoms with Crippen LogP contribution < -0.4 is 15.4 Å². The summed E-state index contributed by atoms with van der Waals surface area (Å²) in [5, 5.41) is 0. The fourth-order valence-electron chi connectivity index (χ4n) is 1.75. The SMILES string of the molecule is COc1nc(N)nc(N(CC(C)C)C2CC2)n1. The molecule has 2 rings (SSSR count). The second kappa shape index (κ2) is 4.73. The molecule has 0 aliphatic heterocycles. The van der Waals surface area contributed by atoms with Gasteiger partial charge in [0.25, 0.3) is 0 Å². The summed E-state index contributed by atoms with van der Waals surface area (Å²) < 4.78 is 5.02. The number of nitrogen functional groups attached to an aromatic ring is 1. The fraction of sp³-hybridized carbons (Fsp3) is 0.727. The van der Waals surface area contributed by atoms with Gasteiger partial charge in [-0.15, -0.1) is 0 Å². The van der Waals surface area contributed by atoms with Crippen LogP contribution in [0.15, 0.2) is 0 Å². The normalized spacial score (nSPS) is 15.1. The molecule has 6 nitrogen and oxygen atoms in total. The summed E-state index contributed by atoms with van der Waals surface area (Å²) in [6.45, 7) is 5.28. The molecule has 1 aliphatic rings. The van der Waals surface area contributed by atoms with Crippen molar-refractivity contribution in [1.29, 1.82) is 0 Å². The number of ether oxygens (including phenoxy) is 1. The molecule has 0 atom stereocenters. The Labute approximate surface area is 101 Å². The van der Waals surface area contributed by atoms with E-state index in [0.717, 1.165) is 6.54 Å². The minimum atomic E-state index is 0.209. The molecule has 0 radical (unpaired) electrons. The highest BCUT2D eigenvalue weighted by atomic mass is 16.5. The van der Waals surface area contributed by atoms with Gasteiger partial charge in [0.1, 0.15) is 0 Å². The first-order valence-corrected chi connectivity index (χ1v) is 5.92. The minimum absolute atomic E-state index is 0.209. The highest BCUT2D eigenvalue weighted by molar-refractivity contribution is 5.38. The molecule has 1 fully saturated rings. The van der Waals surface area contributed by atoms with Gasteiger partial charge in [0.2, 0.25) is 11.9 Å². The molecule has 0 amide bonds. The molecule has 2 N–H and O–H groups in total. The Morgan fingerprint density at radius 2 is 2.06 bits per heavy atom. The number of rotatable bonds is 5. The number of nitrogens with zero attached hydrogens (tertiary/aromatic N) is 4. The topological polar surface area (TPSA) is 77.2 Å². The summed E-state index contributed by atoms with van der Waals surface area (Å²) in [5.41, 5.74) is 5.66. The van der Waals surface area contributed by atoms with E-state index in [9.17, 15) is 0 Å². The summed E-state index contributed by atoms with van der Waals surface area (Å²) in [4.78, 5) is 14.6. The van der Waals surface area contributed by atoms with E-state index in [1.807, 2.05) is 0 Å². The number of anilines is 2. The number of methoxy groups -OCH3 is 1. The van der Waals surface area contributed by atoms with Crippen LogP contribution in [0.4, 0.5) is 11.9 Å². The Balaban J connectivity index is 2.25. The maximum Gasteiger partial charge on any atom is 0.322 e. The summed E-state index contributed by atoms with van der Waals surface area (Å²) in [7, 11) is 1.53. The highest BCUT2D eigenvalue weighted by Gasteiger charge is 2.31. The predicted octanol–water partition coefficient (Wildman–Crippen LogP) is 1.09. The van der Waals surface area contributed by atoms with Gasteiger partial charge in [-0.2, -0.15) is 15.0 Å². The van der Waals surface area contributed by atoms with Gasteiger partial charge >= 0.3 is 6.01 Å². The number of hydrogen-bond donors (Lipinski definition) is 1. The third-order valence-electron chi connectivity index (χ3n) is 2.61. The Morgan fingerprint density at radius 3 is 2.59 bits per heavy atom. The molecule has 1 aliphatic carbocycles. The second-order valence-electron chi connectivity index (χ2n) is 4.76. The molecule has 0 saturated heterocycles. The van der Waals surface area contributed by atoms with Gasteiger partial charge in [0, 0.05) is 12.6 Å². The maximum absolute atomic E-state index is 5.66. The van der Waals surface area contributed by atoms with Gasteiger partial charge in [-0.3, -0.25) is 0 Å². The lowest BCUT2D eigenvalue weighted by molar-refractivity contribution is 0.378. The third kappa shape index (κ3) is 2.95. The monoisotopic (exact) mass is 237 g/mol. The average Bonchev–Trinajstić information content (AvgIpc) is 3.08. The first-order valence-electron chi connectivity index (χ1n) is 5.92. The zero-order valence-corrected chi connectivity index (χ0v) is 10.6. The quantitative estimate of drug-likeness (QED) is 0.826. The van der Waals surface area contributed by atoms with Gasteiger partial charge in [0.15, 0.2) is 0 Å². The molecule has 17 heavy (non-hydrogen) atoms. The molecular weight excluding hydrogens is 218 g/mol. The standard InChI is InChI=1S/C11H19N5O/c1-7(2)6-16(8-4-5-8)10-13-9(12)14-11(15-10)17-3/h7-8H,4-6H2,1-3H3,(H2,12,13,14,15). The van der Waals surface area contributed by atoms with Crippen molar-refractivity contribution in [2.24, 2.45) is 5.92 Å².